The zero-order valence-corrected chi connectivity index (χ0v) is 10.6. The highest BCUT2D eigenvalue weighted by Gasteiger charge is 2.52. The van der Waals surface area contributed by atoms with E-state index in [4.69, 9.17) is 0 Å². The molecule has 1 saturated heterocycles. The Hall–Kier alpha value is -1.06. The van der Waals surface area contributed by atoms with Crippen molar-refractivity contribution in [2.24, 2.45) is 5.92 Å². The van der Waals surface area contributed by atoms with Crippen LogP contribution in [0.3, 0.4) is 0 Å². The molecule has 0 spiro atoms. The standard InChI is InChI=1S/C13H21NO3/c1-13(2)10(12(16)17)8-11(15)14(13)9-6-4-3-5-7-9/h9-10H,3-8H2,1-2H3,(H,16,17). The lowest BCUT2D eigenvalue weighted by Gasteiger charge is -2.41. The Morgan fingerprint density at radius 2 is 1.88 bits per heavy atom. The fourth-order valence-electron chi connectivity index (χ4n) is 3.41. The van der Waals surface area contributed by atoms with Crippen LogP contribution < -0.4 is 0 Å². The number of carboxylic acid groups (broad SMARTS) is 1. The lowest BCUT2D eigenvalue weighted by Crippen LogP contribution is -2.51. The first kappa shape index (κ1) is 12.4. The third kappa shape index (κ3) is 2.05. The summed E-state index contributed by atoms with van der Waals surface area (Å²) in [6.45, 7) is 3.79. The normalized spacial score (nSPS) is 29.6. The fraction of sp³-hybridized carbons (Fsp3) is 0.846. The van der Waals surface area contributed by atoms with Crippen molar-refractivity contribution in [3.63, 3.8) is 0 Å². The average molecular weight is 239 g/mol. The summed E-state index contributed by atoms with van der Waals surface area (Å²) in [5.74, 6) is -1.38. The Morgan fingerprint density at radius 3 is 2.35 bits per heavy atom. The maximum absolute atomic E-state index is 12.1. The molecule has 0 aromatic heterocycles. The maximum atomic E-state index is 12.1. The van der Waals surface area contributed by atoms with Gasteiger partial charge in [-0.25, -0.2) is 0 Å². The third-order valence-corrected chi connectivity index (χ3v) is 4.36. The quantitative estimate of drug-likeness (QED) is 0.802. The molecule has 2 rings (SSSR count). The van der Waals surface area contributed by atoms with Crippen molar-refractivity contribution in [3.05, 3.63) is 0 Å². The van der Waals surface area contributed by atoms with Crippen LogP contribution in [0.15, 0.2) is 0 Å². The first-order chi connectivity index (χ1) is 7.94. The zero-order valence-electron chi connectivity index (χ0n) is 10.6. The van der Waals surface area contributed by atoms with Crippen molar-refractivity contribution >= 4 is 11.9 Å². The Morgan fingerprint density at radius 1 is 1.29 bits per heavy atom. The summed E-state index contributed by atoms with van der Waals surface area (Å²) in [4.78, 5) is 25.1. The van der Waals surface area contributed by atoms with Crippen molar-refractivity contribution in [2.45, 2.75) is 64.0 Å². The summed E-state index contributed by atoms with van der Waals surface area (Å²) in [6, 6.07) is 0.260. The van der Waals surface area contributed by atoms with Crippen LogP contribution in [0.1, 0.15) is 52.4 Å². The Kier molecular flexibility index (Phi) is 3.15. The van der Waals surface area contributed by atoms with Crippen LogP contribution in [-0.2, 0) is 9.59 Å². The minimum Gasteiger partial charge on any atom is -0.481 e. The van der Waals surface area contributed by atoms with E-state index in [9.17, 15) is 14.7 Å². The highest BCUT2D eigenvalue weighted by atomic mass is 16.4. The maximum Gasteiger partial charge on any atom is 0.309 e. The predicted molar refractivity (Wildman–Crippen MR) is 63.5 cm³/mol. The second kappa shape index (κ2) is 4.31. The number of hydrogen-bond donors (Lipinski definition) is 1. The molecule has 0 radical (unpaired) electrons. The van der Waals surface area contributed by atoms with Gasteiger partial charge < -0.3 is 10.0 Å². The predicted octanol–water partition coefficient (Wildman–Crippen LogP) is 2.03. The van der Waals surface area contributed by atoms with Gasteiger partial charge in [-0.15, -0.1) is 0 Å². The molecule has 1 atom stereocenters. The summed E-state index contributed by atoms with van der Waals surface area (Å²) in [7, 11) is 0. The molecule has 1 unspecified atom stereocenters. The molecule has 1 aliphatic heterocycles. The van der Waals surface area contributed by atoms with E-state index >= 15 is 0 Å². The minimum atomic E-state index is -0.846. The van der Waals surface area contributed by atoms with E-state index in [0.717, 1.165) is 25.7 Å². The van der Waals surface area contributed by atoms with Crippen LogP contribution in [0, 0.1) is 5.92 Å². The van der Waals surface area contributed by atoms with E-state index in [1.165, 1.54) is 6.42 Å². The molecule has 96 valence electrons. The molecule has 4 nitrogen and oxygen atoms in total. The van der Waals surface area contributed by atoms with Gasteiger partial charge in [-0.1, -0.05) is 19.3 Å². The molecule has 2 fully saturated rings. The Labute approximate surface area is 102 Å². The molecule has 1 aliphatic carbocycles. The summed E-state index contributed by atoms with van der Waals surface area (Å²) >= 11 is 0. The summed E-state index contributed by atoms with van der Waals surface area (Å²) in [5, 5.41) is 9.20. The Bertz CT molecular complexity index is 332. The number of carbonyl (C=O) groups is 2. The second-order valence-electron chi connectivity index (χ2n) is 5.80. The first-order valence-electron chi connectivity index (χ1n) is 6.49. The molecule has 4 heteroatoms. The number of carbonyl (C=O) groups excluding carboxylic acids is 1. The number of rotatable bonds is 2. The third-order valence-electron chi connectivity index (χ3n) is 4.36. The molecule has 1 heterocycles. The van der Waals surface area contributed by atoms with Gasteiger partial charge in [-0.05, 0) is 26.7 Å². The Balaban J connectivity index is 2.21. The smallest absolute Gasteiger partial charge is 0.309 e. The van der Waals surface area contributed by atoms with Crippen LogP contribution in [-0.4, -0.2) is 33.5 Å². The molecule has 2 aliphatic rings. The van der Waals surface area contributed by atoms with Gasteiger partial charge in [-0.3, -0.25) is 9.59 Å². The van der Waals surface area contributed by atoms with Crippen LogP contribution >= 0.6 is 0 Å². The molecule has 1 amide bonds. The summed E-state index contributed by atoms with van der Waals surface area (Å²) in [5.41, 5.74) is -0.537. The van der Waals surface area contributed by atoms with Crippen LogP contribution in [0.25, 0.3) is 0 Å². The van der Waals surface area contributed by atoms with Gasteiger partial charge in [0.1, 0.15) is 0 Å². The lowest BCUT2D eigenvalue weighted by molar-refractivity contribution is -0.144. The molecule has 1 N–H and O–H groups in total. The molecule has 0 aromatic rings. The molecule has 0 bridgehead atoms. The SMILES string of the molecule is CC1(C)C(C(=O)O)CC(=O)N1C1CCCCC1. The van der Waals surface area contributed by atoms with Crippen LogP contribution in [0.2, 0.25) is 0 Å². The van der Waals surface area contributed by atoms with Crippen molar-refractivity contribution in [1.82, 2.24) is 4.90 Å². The van der Waals surface area contributed by atoms with Gasteiger partial charge in [0, 0.05) is 12.5 Å². The van der Waals surface area contributed by atoms with Gasteiger partial charge in [0.15, 0.2) is 0 Å². The van der Waals surface area contributed by atoms with Crippen molar-refractivity contribution in [1.29, 1.82) is 0 Å². The highest BCUT2D eigenvalue weighted by molar-refractivity contribution is 5.88. The summed E-state index contributed by atoms with van der Waals surface area (Å²) < 4.78 is 0. The largest absolute Gasteiger partial charge is 0.481 e. The molecular formula is C13H21NO3. The topological polar surface area (TPSA) is 57.6 Å². The van der Waals surface area contributed by atoms with Gasteiger partial charge in [0.25, 0.3) is 0 Å². The van der Waals surface area contributed by atoms with Crippen molar-refractivity contribution < 1.29 is 14.7 Å². The van der Waals surface area contributed by atoms with E-state index in [0.29, 0.717) is 0 Å². The lowest BCUT2D eigenvalue weighted by atomic mass is 9.85. The number of likely N-dealkylation sites (tertiary alicyclic amines) is 1. The minimum absolute atomic E-state index is 0.0225. The van der Waals surface area contributed by atoms with Crippen LogP contribution in [0.4, 0.5) is 0 Å². The second-order valence-corrected chi connectivity index (χ2v) is 5.80. The molecule has 17 heavy (non-hydrogen) atoms. The van der Waals surface area contributed by atoms with E-state index in [1.54, 1.807) is 0 Å². The first-order valence-corrected chi connectivity index (χ1v) is 6.49. The average Bonchev–Trinajstić information content (AvgIpc) is 2.50. The number of amides is 1. The van der Waals surface area contributed by atoms with E-state index in [1.807, 2.05) is 18.7 Å². The van der Waals surface area contributed by atoms with E-state index < -0.39 is 17.4 Å². The van der Waals surface area contributed by atoms with Crippen molar-refractivity contribution in [2.75, 3.05) is 0 Å². The van der Waals surface area contributed by atoms with Gasteiger partial charge in [-0.2, -0.15) is 0 Å². The zero-order chi connectivity index (χ0) is 12.6. The molecule has 1 saturated carbocycles. The fourth-order valence-corrected chi connectivity index (χ4v) is 3.41. The molecular weight excluding hydrogens is 218 g/mol. The van der Waals surface area contributed by atoms with E-state index in [-0.39, 0.29) is 18.4 Å². The number of hydrogen-bond acceptors (Lipinski definition) is 2. The summed E-state index contributed by atoms with van der Waals surface area (Å²) in [6.07, 6.45) is 5.77. The van der Waals surface area contributed by atoms with Gasteiger partial charge in [0.05, 0.1) is 11.5 Å². The van der Waals surface area contributed by atoms with Crippen LogP contribution in [0.5, 0.6) is 0 Å². The number of aliphatic carboxylic acids is 1. The van der Waals surface area contributed by atoms with Crippen molar-refractivity contribution in [3.8, 4) is 0 Å². The van der Waals surface area contributed by atoms with Gasteiger partial charge in [0.2, 0.25) is 5.91 Å². The number of nitrogens with zero attached hydrogens (tertiary/aromatic N) is 1. The molecule has 0 aromatic carbocycles. The highest BCUT2D eigenvalue weighted by Crippen LogP contribution is 2.40. The monoisotopic (exact) mass is 239 g/mol. The van der Waals surface area contributed by atoms with Gasteiger partial charge >= 0.3 is 5.97 Å². The number of carboxylic acids is 1. The van der Waals surface area contributed by atoms with E-state index in [2.05, 4.69) is 0 Å².